The third-order valence-electron chi connectivity index (χ3n) is 2.35. The second-order valence-electron chi connectivity index (χ2n) is 3.83. The fourth-order valence-electron chi connectivity index (χ4n) is 1.48. The van der Waals surface area contributed by atoms with Gasteiger partial charge in [0.15, 0.2) is 0 Å². The molecule has 0 aliphatic carbocycles. The predicted octanol–water partition coefficient (Wildman–Crippen LogP) is 4.58. The largest absolute Gasteiger partial charge is 0.491 e. The summed E-state index contributed by atoms with van der Waals surface area (Å²) < 4.78 is 20.4. The average Bonchev–Trinajstić information content (AvgIpc) is 2.79. The molecular formula is C13H12Br2FNOS. The molecule has 0 saturated carbocycles. The van der Waals surface area contributed by atoms with Gasteiger partial charge >= 0.3 is 0 Å². The summed E-state index contributed by atoms with van der Waals surface area (Å²) in [5.74, 6) is 0.232. The number of rotatable bonds is 6. The Hall–Kier alpha value is -0.430. The fraction of sp³-hybridized carbons (Fsp3) is 0.231. The molecule has 0 atom stereocenters. The van der Waals surface area contributed by atoms with Crippen LogP contribution in [0.25, 0.3) is 0 Å². The van der Waals surface area contributed by atoms with E-state index in [0.29, 0.717) is 18.9 Å². The van der Waals surface area contributed by atoms with Crippen molar-refractivity contribution in [3.8, 4) is 5.75 Å². The van der Waals surface area contributed by atoms with Gasteiger partial charge in [-0.1, -0.05) is 0 Å². The Bertz CT molecular complexity index is 547. The predicted molar refractivity (Wildman–Crippen MR) is 83.3 cm³/mol. The van der Waals surface area contributed by atoms with Gasteiger partial charge in [0.25, 0.3) is 0 Å². The van der Waals surface area contributed by atoms with E-state index in [-0.39, 0.29) is 5.82 Å². The number of ether oxygens (including phenoxy) is 1. The maximum absolute atomic E-state index is 13.0. The van der Waals surface area contributed by atoms with Gasteiger partial charge in [-0.25, -0.2) is 4.39 Å². The van der Waals surface area contributed by atoms with Crippen LogP contribution in [0, 0.1) is 5.82 Å². The molecule has 0 unspecified atom stereocenters. The summed E-state index contributed by atoms with van der Waals surface area (Å²) in [5, 5.41) is 5.33. The Labute approximate surface area is 132 Å². The summed E-state index contributed by atoms with van der Waals surface area (Å²) >= 11 is 8.44. The molecule has 2 nitrogen and oxygen atoms in total. The van der Waals surface area contributed by atoms with Crippen molar-refractivity contribution in [3.63, 3.8) is 0 Å². The van der Waals surface area contributed by atoms with Crippen LogP contribution in [0.4, 0.5) is 4.39 Å². The molecule has 1 aromatic heterocycles. The number of halogens is 3. The summed E-state index contributed by atoms with van der Waals surface area (Å²) in [4.78, 5) is 1.26. The van der Waals surface area contributed by atoms with E-state index in [9.17, 15) is 4.39 Å². The molecule has 0 saturated heterocycles. The van der Waals surface area contributed by atoms with Gasteiger partial charge in [0.2, 0.25) is 0 Å². The first-order chi connectivity index (χ1) is 9.15. The van der Waals surface area contributed by atoms with Gasteiger partial charge in [-0.2, -0.15) is 0 Å². The van der Waals surface area contributed by atoms with Crippen LogP contribution in [0.3, 0.4) is 0 Å². The molecule has 0 radical (unpaired) electrons. The molecule has 1 N–H and O–H groups in total. The van der Waals surface area contributed by atoms with Crippen molar-refractivity contribution < 1.29 is 9.13 Å². The minimum Gasteiger partial charge on any atom is -0.491 e. The van der Waals surface area contributed by atoms with Crippen molar-refractivity contribution in [2.75, 3.05) is 13.2 Å². The summed E-state index contributed by atoms with van der Waals surface area (Å²) in [6.07, 6.45) is 0. The third kappa shape index (κ3) is 4.87. The molecule has 1 heterocycles. The second-order valence-corrected chi connectivity index (χ2v) is 6.60. The molecule has 0 bridgehead atoms. The maximum Gasteiger partial charge on any atom is 0.136 e. The first kappa shape index (κ1) is 15.0. The van der Waals surface area contributed by atoms with Crippen molar-refractivity contribution in [1.29, 1.82) is 0 Å². The van der Waals surface area contributed by atoms with Crippen LogP contribution in [0.5, 0.6) is 5.75 Å². The lowest BCUT2D eigenvalue weighted by molar-refractivity contribution is 0.310. The zero-order valence-electron chi connectivity index (χ0n) is 9.96. The second kappa shape index (κ2) is 7.38. The summed E-state index contributed by atoms with van der Waals surface area (Å²) in [5.41, 5.74) is 0. The lowest BCUT2D eigenvalue weighted by Gasteiger charge is -2.08. The van der Waals surface area contributed by atoms with Crippen LogP contribution >= 0.6 is 43.2 Å². The molecule has 0 amide bonds. The van der Waals surface area contributed by atoms with Gasteiger partial charge in [0.1, 0.15) is 18.2 Å². The molecule has 0 aliphatic heterocycles. The van der Waals surface area contributed by atoms with Crippen LogP contribution in [-0.2, 0) is 6.54 Å². The fourth-order valence-corrected chi connectivity index (χ4v) is 3.26. The van der Waals surface area contributed by atoms with Crippen LogP contribution in [0.2, 0.25) is 0 Å². The quantitative estimate of drug-likeness (QED) is 0.706. The number of hydrogen-bond acceptors (Lipinski definition) is 3. The molecule has 19 heavy (non-hydrogen) atoms. The van der Waals surface area contributed by atoms with Crippen molar-refractivity contribution >= 4 is 43.2 Å². The Kier molecular flexibility index (Phi) is 5.81. The standard InChI is InChI=1S/C13H12Br2FNOS/c14-9-5-11(19-8-9)7-17-3-4-18-13-6-10(16)1-2-12(13)15/h1-2,5-6,8,17H,3-4,7H2. The highest BCUT2D eigenvalue weighted by Crippen LogP contribution is 2.25. The minimum atomic E-state index is -0.297. The summed E-state index contributed by atoms with van der Waals surface area (Å²) in [6, 6.07) is 6.49. The molecule has 0 aliphatic rings. The van der Waals surface area contributed by atoms with E-state index >= 15 is 0 Å². The van der Waals surface area contributed by atoms with E-state index < -0.39 is 0 Å². The topological polar surface area (TPSA) is 21.3 Å². The molecule has 1 aromatic carbocycles. The monoisotopic (exact) mass is 407 g/mol. The van der Waals surface area contributed by atoms with E-state index in [1.165, 1.54) is 17.0 Å². The van der Waals surface area contributed by atoms with Gasteiger partial charge in [0, 0.05) is 33.9 Å². The van der Waals surface area contributed by atoms with Gasteiger partial charge in [-0.3, -0.25) is 0 Å². The number of thiophene rings is 1. The van der Waals surface area contributed by atoms with Gasteiger partial charge in [-0.15, -0.1) is 11.3 Å². The maximum atomic E-state index is 13.0. The van der Waals surface area contributed by atoms with Crippen molar-refractivity contribution in [3.05, 3.63) is 49.3 Å². The molecular weight excluding hydrogens is 397 g/mol. The smallest absolute Gasteiger partial charge is 0.136 e. The highest BCUT2D eigenvalue weighted by Gasteiger charge is 2.02. The van der Waals surface area contributed by atoms with Crippen LogP contribution in [0.1, 0.15) is 4.88 Å². The molecule has 0 fully saturated rings. The minimum absolute atomic E-state index is 0.297. The lowest BCUT2D eigenvalue weighted by atomic mass is 10.3. The Morgan fingerprint density at radius 1 is 1.26 bits per heavy atom. The van der Waals surface area contributed by atoms with Gasteiger partial charge < -0.3 is 10.1 Å². The van der Waals surface area contributed by atoms with Crippen LogP contribution < -0.4 is 10.1 Å². The van der Waals surface area contributed by atoms with E-state index in [4.69, 9.17) is 4.74 Å². The molecule has 0 spiro atoms. The van der Waals surface area contributed by atoms with Gasteiger partial charge in [-0.05, 0) is 50.1 Å². The molecule has 2 rings (SSSR count). The zero-order valence-corrected chi connectivity index (χ0v) is 13.9. The van der Waals surface area contributed by atoms with Crippen molar-refractivity contribution in [1.82, 2.24) is 5.32 Å². The lowest BCUT2D eigenvalue weighted by Crippen LogP contribution is -2.20. The molecule has 6 heteroatoms. The van der Waals surface area contributed by atoms with E-state index in [0.717, 1.165) is 15.5 Å². The first-order valence-electron chi connectivity index (χ1n) is 5.66. The highest BCUT2D eigenvalue weighted by atomic mass is 79.9. The van der Waals surface area contributed by atoms with Crippen molar-refractivity contribution in [2.24, 2.45) is 0 Å². The summed E-state index contributed by atoms with van der Waals surface area (Å²) in [7, 11) is 0. The van der Waals surface area contributed by atoms with E-state index in [2.05, 4.69) is 48.6 Å². The van der Waals surface area contributed by atoms with Gasteiger partial charge in [0.05, 0.1) is 4.47 Å². The van der Waals surface area contributed by atoms with Crippen molar-refractivity contribution in [2.45, 2.75) is 6.54 Å². The third-order valence-corrected chi connectivity index (χ3v) is 4.70. The first-order valence-corrected chi connectivity index (χ1v) is 8.13. The normalized spacial score (nSPS) is 10.7. The Morgan fingerprint density at radius 2 is 2.11 bits per heavy atom. The van der Waals surface area contributed by atoms with Crippen LogP contribution in [-0.4, -0.2) is 13.2 Å². The molecule has 2 aromatic rings. The van der Waals surface area contributed by atoms with E-state index in [1.807, 2.05) is 0 Å². The van der Waals surface area contributed by atoms with E-state index in [1.54, 1.807) is 17.4 Å². The Morgan fingerprint density at radius 3 is 2.84 bits per heavy atom. The number of benzene rings is 1. The summed E-state index contributed by atoms with van der Waals surface area (Å²) in [6.45, 7) is 2.01. The average molecular weight is 409 g/mol. The SMILES string of the molecule is Fc1ccc(Br)c(OCCNCc2cc(Br)cs2)c1. The highest BCUT2D eigenvalue weighted by molar-refractivity contribution is 9.10. The number of nitrogens with one attached hydrogen (secondary N) is 1. The molecule has 102 valence electrons. The van der Waals surface area contributed by atoms with Crippen LogP contribution in [0.15, 0.2) is 38.6 Å². The number of hydrogen-bond donors (Lipinski definition) is 1. The zero-order chi connectivity index (χ0) is 13.7. The Balaban J connectivity index is 1.70.